The van der Waals surface area contributed by atoms with Crippen LogP contribution in [-0.4, -0.2) is 26.2 Å². The minimum absolute atomic E-state index is 0.0157. The maximum Gasteiger partial charge on any atom is 0.325 e. The van der Waals surface area contributed by atoms with Crippen molar-refractivity contribution in [2.45, 2.75) is 37.8 Å². The maximum atomic E-state index is 13.4. The molecular weight excluding hydrogens is 376 g/mol. The fourth-order valence-corrected chi connectivity index (χ4v) is 4.99. The number of carbonyl (C=O) groups is 2. The number of nitrogens with zero attached hydrogens (tertiary/aromatic N) is 3. The lowest BCUT2D eigenvalue weighted by molar-refractivity contribution is -0.132. The first kappa shape index (κ1) is 17.1. The van der Waals surface area contributed by atoms with E-state index in [9.17, 15) is 14.4 Å². The fraction of sp³-hybridized carbons (Fsp3) is 0.300. The van der Waals surface area contributed by atoms with E-state index in [2.05, 4.69) is 10.3 Å². The summed E-state index contributed by atoms with van der Waals surface area (Å²) in [6.07, 6.45) is 4.97. The van der Waals surface area contributed by atoms with Crippen LogP contribution in [0.5, 0.6) is 0 Å². The van der Waals surface area contributed by atoms with Gasteiger partial charge in [0.15, 0.2) is 4.96 Å². The van der Waals surface area contributed by atoms with Gasteiger partial charge in [-0.3, -0.25) is 18.9 Å². The van der Waals surface area contributed by atoms with Gasteiger partial charge in [0, 0.05) is 17.6 Å². The molecule has 0 saturated carbocycles. The van der Waals surface area contributed by atoms with E-state index < -0.39 is 11.6 Å². The molecule has 7 nitrogen and oxygen atoms in total. The predicted molar refractivity (Wildman–Crippen MR) is 104 cm³/mol. The van der Waals surface area contributed by atoms with Crippen LogP contribution in [0.15, 0.2) is 46.7 Å². The summed E-state index contributed by atoms with van der Waals surface area (Å²) in [6.45, 7) is -0.0157. The van der Waals surface area contributed by atoms with E-state index in [4.69, 9.17) is 0 Å². The molecule has 1 fully saturated rings. The van der Waals surface area contributed by atoms with Gasteiger partial charge in [-0.2, -0.15) is 0 Å². The van der Waals surface area contributed by atoms with Crippen molar-refractivity contribution in [2.75, 3.05) is 0 Å². The van der Waals surface area contributed by atoms with Gasteiger partial charge in [-0.15, -0.1) is 11.3 Å². The van der Waals surface area contributed by atoms with Crippen LogP contribution >= 0.6 is 11.3 Å². The van der Waals surface area contributed by atoms with Gasteiger partial charge in [-0.25, -0.2) is 9.78 Å². The number of hydrogen-bond donors (Lipinski definition) is 1. The van der Waals surface area contributed by atoms with E-state index in [1.165, 1.54) is 26.7 Å². The first-order valence-corrected chi connectivity index (χ1v) is 10.1. The van der Waals surface area contributed by atoms with Crippen molar-refractivity contribution < 1.29 is 9.59 Å². The number of urea groups is 1. The molecule has 142 valence electrons. The molecule has 1 aromatic carbocycles. The van der Waals surface area contributed by atoms with Gasteiger partial charge in [-0.1, -0.05) is 24.3 Å². The summed E-state index contributed by atoms with van der Waals surface area (Å²) in [6, 6.07) is 8.77. The summed E-state index contributed by atoms with van der Waals surface area (Å²) >= 11 is 1.34. The zero-order valence-electron chi connectivity index (χ0n) is 15.1. The molecule has 1 spiro atoms. The molecule has 3 aromatic rings. The maximum absolute atomic E-state index is 13.4. The van der Waals surface area contributed by atoms with Crippen LogP contribution in [0.1, 0.15) is 36.1 Å². The van der Waals surface area contributed by atoms with Crippen molar-refractivity contribution in [1.29, 1.82) is 0 Å². The minimum atomic E-state index is -1.02. The standard InChI is InChI=1S/C20H18N4O3S/c25-16-11-14(21-19-23(16)9-10-28-19)12-24-17(26)20(22-18(24)27)8-4-3-6-13-5-1-2-7-15(13)20/h1-2,5,7,9-11H,3-4,6,8,12H2,(H,22,27)/t20-/m0/s1. The lowest BCUT2D eigenvalue weighted by Crippen LogP contribution is -2.44. The van der Waals surface area contributed by atoms with Gasteiger partial charge in [0.2, 0.25) is 0 Å². The van der Waals surface area contributed by atoms with E-state index in [0.29, 0.717) is 17.1 Å². The van der Waals surface area contributed by atoms with E-state index in [0.717, 1.165) is 30.4 Å². The van der Waals surface area contributed by atoms with Crippen LogP contribution in [-0.2, 0) is 23.3 Å². The number of aryl methyl sites for hydroxylation is 1. The Morgan fingerprint density at radius 2 is 2.04 bits per heavy atom. The molecule has 0 unspecified atom stereocenters. The lowest BCUT2D eigenvalue weighted by atomic mass is 9.84. The van der Waals surface area contributed by atoms with Gasteiger partial charge >= 0.3 is 6.03 Å². The van der Waals surface area contributed by atoms with Crippen LogP contribution < -0.4 is 10.9 Å². The predicted octanol–water partition coefficient (Wildman–Crippen LogP) is 2.43. The van der Waals surface area contributed by atoms with Gasteiger partial charge in [0.1, 0.15) is 5.54 Å². The van der Waals surface area contributed by atoms with Crippen LogP contribution in [0.4, 0.5) is 4.79 Å². The molecule has 3 amide bonds. The Bertz CT molecular complexity index is 1170. The fourth-order valence-electron chi connectivity index (χ4n) is 4.25. The zero-order valence-corrected chi connectivity index (χ0v) is 15.9. The van der Waals surface area contributed by atoms with Gasteiger partial charge < -0.3 is 5.32 Å². The molecule has 2 aromatic heterocycles. The molecule has 1 aliphatic heterocycles. The third kappa shape index (κ3) is 2.48. The third-order valence-corrected chi connectivity index (χ3v) is 6.33. The Morgan fingerprint density at radius 3 is 2.93 bits per heavy atom. The van der Waals surface area contributed by atoms with Crippen molar-refractivity contribution in [2.24, 2.45) is 0 Å². The number of thiazole rings is 1. The second kappa shape index (κ2) is 6.27. The Morgan fingerprint density at radius 1 is 1.18 bits per heavy atom. The Kier molecular flexibility index (Phi) is 3.83. The summed E-state index contributed by atoms with van der Waals surface area (Å²) in [4.78, 5) is 44.6. The second-order valence-corrected chi connectivity index (χ2v) is 8.11. The first-order chi connectivity index (χ1) is 13.6. The van der Waals surface area contributed by atoms with Crippen molar-refractivity contribution in [1.82, 2.24) is 19.6 Å². The summed E-state index contributed by atoms with van der Waals surface area (Å²) in [5.74, 6) is -0.264. The normalized spacial score (nSPS) is 21.8. The summed E-state index contributed by atoms with van der Waals surface area (Å²) in [5.41, 5.74) is 1.16. The lowest BCUT2D eigenvalue weighted by Gasteiger charge is -2.27. The third-order valence-electron chi connectivity index (χ3n) is 5.58. The van der Waals surface area contributed by atoms with E-state index in [-0.39, 0.29) is 18.0 Å². The van der Waals surface area contributed by atoms with Crippen molar-refractivity contribution in [3.63, 3.8) is 0 Å². The Balaban J connectivity index is 1.53. The quantitative estimate of drug-likeness (QED) is 0.677. The number of fused-ring (bicyclic) bond motifs is 3. The molecular formula is C20H18N4O3S. The van der Waals surface area contributed by atoms with Gasteiger partial charge in [-0.05, 0) is 36.8 Å². The van der Waals surface area contributed by atoms with Gasteiger partial charge in [0.05, 0.1) is 12.2 Å². The number of benzene rings is 1. The number of aromatic nitrogens is 2. The van der Waals surface area contributed by atoms with Crippen molar-refractivity contribution in [3.05, 3.63) is 69.1 Å². The molecule has 0 radical (unpaired) electrons. The number of amides is 3. The number of rotatable bonds is 2. The highest BCUT2D eigenvalue weighted by atomic mass is 32.1. The first-order valence-electron chi connectivity index (χ1n) is 9.27. The molecule has 1 atom stereocenters. The molecule has 2 aliphatic rings. The van der Waals surface area contributed by atoms with Crippen molar-refractivity contribution in [3.8, 4) is 0 Å². The molecule has 5 rings (SSSR count). The second-order valence-electron chi connectivity index (χ2n) is 7.23. The molecule has 0 bridgehead atoms. The number of nitrogens with one attached hydrogen (secondary N) is 1. The average Bonchev–Trinajstić information content (AvgIpc) is 3.19. The SMILES string of the molecule is O=C1N[C@]2(CCCCc3ccccc32)C(=O)N1Cc1cc(=O)n2ccsc2n1. The topological polar surface area (TPSA) is 83.8 Å². The summed E-state index contributed by atoms with van der Waals surface area (Å²) in [5, 5.41) is 4.74. The molecule has 1 N–H and O–H groups in total. The molecule has 1 saturated heterocycles. The van der Waals surface area contributed by atoms with Crippen molar-refractivity contribution >= 4 is 28.2 Å². The highest BCUT2D eigenvalue weighted by Crippen LogP contribution is 2.39. The summed E-state index contributed by atoms with van der Waals surface area (Å²) in [7, 11) is 0. The highest BCUT2D eigenvalue weighted by Gasteiger charge is 2.53. The monoisotopic (exact) mass is 394 g/mol. The van der Waals surface area contributed by atoms with Crippen LogP contribution in [0, 0.1) is 0 Å². The van der Waals surface area contributed by atoms with E-state index >= 15 is 0 Å². The molecule has 3 heterocycles. The Labute approximate surface area is 164 Å². The largest absolute Gasteiger partial charge is 0.325 e. The van der Waals surface area contributed by atoms with Gasteiger partial charge in [0.25, 0.3) is 11.5 Å². The number of carbonyl (C=O) groups excluding carboxylic acids is 2. The number of imide groups is 1. The Hall–Kier alpha value is -3.00. The highest BCUT2D eigenvalue weighted by molar-refractivity contribution is 7.15. The van der Waals surface area contributed by atoms with Crippen LogP contribution in [0.2, 0.25) is 0 Å². The average molecular weight is 394 g/mol. The molecule has 1 aliphatic carbocycles. The minimum Gasteiger partial charge on any atom is -0.319 e. The molecule has 28 heavy (non-hydrogen) atoms. The summed E-state index contributed by atoms with van der Waals surface area (Å²) < 4.78 is 1.45. The number of hydrogen-bond acceptors (Lipinski definition) is 5. The molecule has 8 heteroatoms. The van der Waals surface area contributed by atoms with E-state index in [1.807, 2.05) is 24.3 Å². The smallest absolute Gasteiger partial charge is 0.319 e. The van der Waals surface area contributed by atoms with E-state index in [1.54, 1.807) is 11.6 Å². The van der Waals surface area contributed by atoms with Crippen LogP contribution in [0.25, 0.3) is 4.96 Å². The van der Waals surface area contributed by atoms with Crippen LogP contribution in [0.3, 0.4) is 0 Å². The zero-order chi connectivity index (χ0) is 19.3.